The third kappa shape index (κ3) is 2.64. The quantitative estimate of drug-likeness (QED) is 0.776. The largest absolute Gasteiger partial charge is 0.352 e. The van der Waals surface area contributed by atoms with Crippen LogP contribution in [0.15, 0.2) is 18.2 Å². The normalized spacial score (nSPS) is 13.1. The highest BCUT2D eigenvalue weighted by Crippen LogP contribution is 2.23. The molecule has 0 radical (unpaired) electrons. The zero-order valence-electron chi connectivity index (χ0n) is 9.88. The van der Waals surface area contributed by atoms with E-state index in [0.717, 1.165) is 24.1 Å². The van der Waals surface area contributed by atoms with Gasteiger partial charge in [0.2, 0.25) is 5.91 Å². The number of nitrogens with one attached hydrogen (secondary N) is 2. The van der Waals surface area contributed by atoms with Gasteiger partial charge in [-0.25, -0.2) is 0 Å². The minimum Gasteiger partial charge on any atom is -0.352 e. The van der Waals surface area contributed by atoms with Crippen LogP contribution in [0.4, 0.5) is 5.69 Å². The molecule has 0 bridgehead atoms. The maximum atomic E-state index is 11.8. The van der Waals surface area contributed by atoms with Gasteiger partial charge in [0, 0.05) is 17.8 Å². The highest BCUT2D eigenvalue weighted by molar-refractivity contribution is 6.01. The van der Waals surface area contributed by atoms with E-state index in [4.69, 9.17) is 0 Å². The van der Waals surface area contributed by atoms with E-state index in [9.17, 15) is 9.59 Å². The second kappa shape index (κ2) is 4.99. The molecule has 0 unspecified atom stereocenters. The topological polar surface area (TPSA) is 58.2 Å². The average Bonchev–Trinajstić information content (AvgIpc) is 2.68. The number of rotatable bonds is 4. The molecule has 1 aliphatic heterocycles. The Balaban J connectivity index is 2.05. The summed E-state index contributed by atoms with van der Waals surface area (Å²) in [5.74, 6) is -0.0795. The summed E-state index contributed by atoms with van der Waals surface area (Å²) in [6, 6.07) is 5.31. The molecule has 4 heteroatoms. The smallest absolute Gasteiger partial charge is 0.251 e. The van der Waals surface area contributed by atoms with Crippen molar-refractivity contribution in [2.24, 2.45) is 0 Å². The number of carbonyl (C=O) groups is 2. The average molecular weight is 232 g/mol. The van der Waals surface area contributed by atoms with Gasteiger partial charge in [0.25, 0.3) is 5.91 Å². The van der Waals surface area contributed by atoms with Gasteiger partial charge in [-0.1, -0.05) is 13.3 Å². The van der Waals surface area contributed by atoms with Crippen molar-refractivity contribution < 1.29 is 9.59 Å². The Bertz CT molecular complexity index is 455. The lowest BCUT2D eigenvalue weighted by atomic mass is 10.1. The van der Waals surface area contributed by atoms with Crippen LogP contribution in [0.25, 0.3) is 0 Å². The van der Waals surface area contributed by atoms with Crippen LogP contribution in [0.5, 0.6) is 0 Å². The zero-order valence-corrected chi connectivity index (χ0v) is 9.88. The molecule has 1 heterocycles. The Morgan fingerprint density at radius 3 is 3.06 bits per heavy atom. The van der Waals surface area contributed by atoms with E-state index in [-0.39, 0.29) is 11.8 Å². The van der Waals surface area contributed by atoms with Crippen molar-refractivity contribution in [1.29, 1.82) is 0 Å². The monoisotopic (exact) mass is 232 g/mol. The van der Waals surface area contributed by atoms with Crippen molar-refractivity contribution in [3.8, 4) is 0 Å². The van der Waals surface area contributed by atoms with Gasteiger partial charge in [-0.15, -0.1) is 0 Å². The molecule has 0 aliphatic carbocycles. The standard InChI is InChI=1S/C13H16N2O2/c1-2-3-6-14-13(17)9-4-5-11-10(7-9)8-12(16)15-11/h4-5,7H,2-3,6,8H2,1H3,(H,14,17)(H,15,16). The number of anilines is 1. The summed E-state index contributed by atoms with van der Waals surface area (Å²) in [4.78, 5) is 23.0. The van der Waals surface area contributed by atoms with E-state index in [1.807, 2.05) is 0 Å². The number of amides is 2. The molecular weight excluding hydrogens is 216 g/mol. The fourth-order valence-corrected chi connectivity index (χ4v) is 1.85. The first kappa shape index (κ1) is 11.6. The molecule has 4 nitrogen and oxygen atoms in total. The number of carbonyl (C=O) groups excluding carboxylic acids is 2. The fraction of sp³-hybridized carbons (Fsp3) is 0.385. The Morgan fingerprint density at radius 2 is 2.29 bits per heavy atom. The first-order valence-electron chi connectivity index (χ1n) is 5.91. The SMILES string of the molecule is CCCCNC(=O)c1ccc2c(c1)CC(=O)N2. The number of fused-ring (bicyclic) bond motifs is 1. The number of benzene rings is 1. The minimum atomic E-state index is -0.0689. The maximum absolute atomic E-state index is 11.8. The van der Waals surface area contributed by atoms with Crippen LogP contribution in [-0.2, 0) is 11.2 Å². The molecular formula is C13H16N2O2. The van der Waals surface area contributed by atoms with Crippen LogP contribution in [0, 0.1) is 0 Å². The van der Waals surface area contributed by atoms with Gasteiger partial charge < -0.3 is 10.6 Å². The summed E-state index contributed by atoms with van der Waals surface area (Å²) < 4.78 is 0. The molecule has 2 rings (SSSR count). The summed E-state index contributed by atoms with van der Waals surface area (Å²) in [6.07, 6.45) is 2.41. The summed E-state index contributed by atoms with van der Waals surface area (Å²) in [6.45, 7) is 2.78. The van der Waals surface area contributed by atoms with Crippen LogP contribution in [0.3, 0.4) is 0 Å². The van der Waals surface area contributed by atoms with E-state index >= 15 is 0 Å². The van der Waals surface area contributed by atoms with E-state index in [0.29, 0.717) is 18.5 Å². The molecule has 0 saturated carbocycles. The lowest BCUT2D eigenvalue weighted by Crippen LogP contribution is -2.24. The van der Waals surface area contributed by atoms with Gasteiger partial charge in [-0.2, -0.15) is 0 Å². The van der Waals surface area contributed by atoms with Crippen LogP contribution >= 0.6 is 0 Å². The molecule has 0 saturated heterocycles. The predicted octanol–water partition coefficient (Wildman–Crippen LogP) is 1.71. The van der Waals surface area contributed by atoms with Crippen LogP contribution in [0.2, 0.25) is 0 Å². The molecule has 0 atom stereocenters. The summed E-state index contributed by atoms with van der Waals surface area (Å²) in [5, 5.41) is 5.60. The third-order valence-electron chi connectivity index (χ3n) is 2.81. The van der Waals surface area contributed by atoms with Gasteiger partial charge in [0.1, 0.15) is 0 Å². The fourth-order valence-electron chi connectivity index (χ4n) is 1.85. The highest BCUT2D eigenvalue weighted by Gasteiger charge is 2.18. The van der Waals surface area contributed by atoms with Gasteiger partial charge in [0.05, 0.1) is 6.42 Å². The summed E-state index contributed by atoms with van der Waals surface area (Å²) >= 11 is 0. The van der Waals surface area contributed by atoms with E-state index in [1.54, 1.807) is 18.2 Å². The second-order valence-electron chi connectivity index (χ2n) is 4.21. The molecule has 1 aromatic carbocycles. The van der Waals surface area contributed by atoms with E-state index in [1.165, 1.54) is 0 Å². The Morgan fingerprint density at radius 1 is 1.47 bits per heavy atom. The molecule has 17 heavy (non-hydrogen) atoms. The van der Waals surface area contributed by atoms with Crippen molar-refractivity contribution in [3.63, 3.8) is 0 Å². The summed E-state index contributed by atoms with van der Waals surface area (Å²) in [5.41, 5.74) is 2.34. The summed E-state index contributed by atoms with van der Waals surface area (Å²) in [7, 11) is 0. The second-order valence-corrected chi connectivity index (χ2v) is 4.21. The van der Waals surface area contributed by atoms with Crippen LogP contribution < -0.4 is 10.6 Å². The number of hydrogen-bond acceptors (Lipinski definition) is 2. The Hall–Kier alpha value is -1.84. The van der Waals surface area contributed by atoms with Gasteiger partial charge >= 0.3 is 0 Å². The molecule has 90 valence electrons. The molecule has 1 aromatic rings. The van der Waals surface area contributed by atoms with Crippen molar-refractivity contribution in [3.05, 3.63) is 29.3 Å². The Kier molecular flexibility index (Phi) is 3.42. The minimum absolute atomic E-state index is 0.0106. The molecule has 2 amide bonds. The lowest BCUT2D eigenvalue weighted by molar-refractivity contribution is -0.115. The van der Waals surface area contributed by atoms with Gasteiger partial charge in [-0.3, -0.25) is 9.59 Å². The van der Waals surface area contributed by atoms with Gasteiger partial charge in [-0.05, 0) is 30.2 Å². The molecule has 0 spiro atoms. The number of unbranched alkanes of at least 4 members (excludes halogenated alkanes) is 1. The predicted molar refractivity (Wildman–Crippen MR) is 66.0 cm³/mol. The third-order valence-corrected chi connectivity index (χ3v) is 2.81. The first-order chi connectivity index (χ1) is 8.20. The molecule has 0 fully saturated rings. The van der Waals surface area contributed by atoms with Crippen molar-refractivity contribution in [2.45, 2.75) is 26.2 Å². The van der Waals surface area contributed by atoms with Gasteiger partial charge in [0.15, 0.2) is 0 Å². The number of hydrogen-bond donors (Lipinski definition) is 2. The Labute approximate surface area is 100 Å². The zero-order chi connectivity index (χ0) is 12.3. The van der Waals surface area contributed by atoms with Crippen molar-refractivity contribution >= 4 is 17.5 Å². The highest BCUT2D eigenvalue weighted by atomic mass is 16.2. The lowest BCUT2D eigenvalue weighted by Gasteiger charge is -2.05. The van der Waals surface area contributed by atoms with Crippen molar-refractivity contribution in [2.75, 3.05) is 11.9 Å². The van der Waals surface area contributed by atoms with E-state index < -0.39 is 0 Å². The maximum Gasteiger partial charge on any atom is 0.251 e. The molecule has 0 aromatic heterocycles. The molecule has 1 aliphatic rings. The van der Waals surface area contributed by atoms with Crippen molar-refractivity contribution in [1.82, 2.24) is 5.32 Å². The van der Waals surface area contributed by atoms with E-state index in [2.05, 4.69) is 17.6 Å². The van der Waals surface area contributed by atoms with Crippen LogP contribution in [0.1, 0.15) is 35.7 Å². The van der Waals surface area contributed by atoms with Crippen LogP contribution in [-0.4, -0.2) is 18.4 Å². The first-order valence-corrected chi connectivity index (χ1v) is 5.91. The molecule has 2 N–H and O–H groups in total.